The van der Waals surface area contributed by atoms with Crippen LogP contribution in [-0.4, -0.2) is 9.78 Å². The van der Waals surface area contributed by atoms with Crippen molar-refractivity contribution >= 4 is 15.9 Å². The molecule has 0 radical (unpaired) electrons. The van der Waals surface area contributed by atoms with E-state index in [1.165, 1.54) is 0 Å². The van der Waals surface area contributed by atoms with Crippen molar-refractivity contribution in [2.24, 2.45) is 0 Å². The molecule has 1 heterocycles. The van der Waals surface area contributed by atoms with Crippen molar-refractivity contribution in [1.82, 2.24) is 9.78 Å². The molecule has 0 unspecified atom stereocenters. The first-order valence-electron chi connectivity index (χ1n) is 3.75. The lowest BCUT2D eigenvalue weighted by atomic mass is 10.1. The van der Waals surface area contributed by atoms with Crippen molar-refractivity contribution in [2.45, 2.75) is 33.2 Å². The molecule has 0 aliphatic rings. The lowest BCUT2D eigenvalue weighted by Crippen LogP contribution is -2.23. The van der Waals surface area contributed by atoms with Crippen LogP contribution in [0, 0.1) is 12.9 Å². The van der Waals surface area contributed by atoms with Crippen LogP contribution in [0.15, 0.2) is 4.60 Å². The fourth-order valence-electron chi connectivity index (χ4n) is 0.895. The van der Waals surface area contributed by atoms with Gasteiger partial charge in [-0.25, -0.2) is 4.68 Å². The molecule has 0 atom stereocenters. The number of halogens is 2. The largest absolute Gasteiger partial charge is 0.250 e. The fraction of sp³-hybridized carbons (Fsp3) is 0.625. The molecule has 0 aromatic carbocycles. The van der Waals surface area contributed by atoms with E-state index in [-0.39, 0.29) is 5.54 Å². The van der Waals surface area contributed by atoms with Gasteiger partial charge >= 0.3 is 0 Å². The monoisotopic (exact) mass is 234 g/mol. The van der Waals surface area contributed by atoms with E-state index in [0.29, 0.717) is 10.2 Å². The van der Waals surface area contributed by atoms with Crippen molar-refractivity contribution in [3.05, 3.63) is 16.1 Å². The summed E-state index contributed by atoms with van der Waals surface area (Å²) in [5.41, 5.74) is 0.374. The molecule has 68 valence electrons. The third-order valence-electron chi connectivity index (χ3n) is 1.63. The van der Waals surface area contributed by atoms with Crippen LogP contribution >= 0.6 is 15.9 Å². The Morgan fingerprint density at radius 1 is 1.42 bits per heavy atom. The zero-order valence-corrected chi connectivity index (χ0v) is 9.24. The third-order valence-corrected chi connectivity index (χ3v) is 2.56. The van der Waals surface area contributed by atoms with Gasteiger partial charge in [0.05, 0.1) is 5.54 Å². The van der Waals surface area contributed by atoms with Crippen LogP contribution in [0.25, 0.3) is 0 Å². The average Bonchev–Trinajstić information content (AvgIpc) is 2.15. The summed E-state index contributed by atoms with van der Waals surface area (Å²) in [7, 11) is 0. The van der Waals surface area contributed by atoms with E-state index in [0.717, 1.165) is 0 Å². The molecular formula is C8H12BrFN2. The highest BCUT2D eigenvalue weighted by Crippen LogP contribution is 2.25. The van der Waals surface area contributed by atoms with E-state index in [2.05, 4.69) is 21.0 Å². The number of aromatic nitrogens is 2. The van der Waals surface area contributed by atoms with Gasteiger partial charge in [-0.05, 0) is 43.6 Å². The number of rotatable bonds is 0. The summed E-state index contributed by atoms with van der Waals surface area (Å²) in [5, 5.41) is 3.78. The SMILES string of the molecule is Cc1c(F)nn(C(C)(C)C)c1Br. The molecular weight excluding hydrogens is 223 g/mol. The van der Waals surface area contributed by atoms with Gasteiger partial charge in [0.25, 0.3) is 0 Å². The zero-order valence-electron chi connectivity index (χ0n) is 7.65. The molecule has 1 rings (SSSR count). The molecule has 1 aromatic heterocycles. The number of hydrogen-bond donors (Lipinski definition) is 0. The summed E-state index contributed by atoms with van der Waals surface area (Å²) in [5.74, 6) is -0.406. The molecule has 0 aliphatic carbocycles. The highest BCUT2D eigenvalue weighted by atomic mass is 79.9. The van der Waals surface area contributed by atoms with E-state index < -0.39 is 5.95 Å². The Kier molecular flexibility index (Phi) is 2.29. The Morgan fingerprint density at radius 2 is 1.92 bits per heavy atom. The molecule has 0 aliphatic heterocycles. The minimum Gasteiger partial charge on any atom is -0.250 e. The molecule has 0 spiro atoms. The van der Waals surface area contributed by atoms with Crippen LogP contribution in [0.5, 0.6) is 0 Å². The number of hydrogen-bond acceptors (Lipinski definition) is 1. The van der Waals surface area contributed by atoms with E-state index in [4.69, 9.17) is 0 Å². The van der Waals surface area contributed by atoms with Gasteiger partial charge in [-0.1, -0.05) is 0 Å². The van der Waals surface area contributed by atoms with Gasteiger partial charge in [-0.15, -0.1) is 5.10 Å². The summed E-state index contributed by atoms with van der Waals surface area (Å²) in [4.78, 5) is 0. The second kappa shape index (κ2) is 2.83. The van der Waals surface area contributed by atoms with Gasteiger partial charge in [0.15, 0.2) is 0 Å². The Bertz CT molecular complexity index is 299. The van der Waals surface area contributed by atoms with Crippen molar-refractivity contribution in [1.29, 1.82) is 0 Å². The van der Waals surface area contributed by atoms with Crippen LogP contribution in [0.2, 0.25) is 0 Å². The van der Waals surface area contributed by atoms with Crippen LogP contribution in [-0.2, 0) is 5.54 Å². The first-order valence-corrected chi connectivity index (χ1v) is 4.54. The molecule has 0 saturated carbocycles. The van der Waals surface area contributed by atoms with E-state index >= 15 is 0 Å². The van der Waals surface area contributed by atoms with Crippen molar-refractivity contribution < 1.29 is 4.39 Å². The molecule has 0 N–H and O–H groups in total. The van der Waals surface area contributed by atoms with Crippen LogP contribution in [0.3, 0.4) is 0 Å². The third kappa shape index (κ3) is 1.53. The predicted molar refractivity (Wildman–Crippen MR) is 49.6 cm³/mol. The quantitative estimate of drug-likeness (QED) is 0.676. The average molecular weight is 235 g/mol. The van der Waals surface area contributed by atoms with Gasteiger partial charge in [0.2, 0.25) is 5.95 Å². The molecule has 2 nitrogen and oxygen atoms in total. The molecule has 1 aromatic rings. The molecule has 4 heteroatoms. The van der Waals surface area contributed by atoms with E-state index in [1.807, 2.05) is 20.8 Å². The summed E-state index contributed by atoms with van der Waals surface area (Å²) >= 11 is 3.30. The molecule has 0 fully saturated rings. The molecule has 0 amide bonds. The van der Waals surface area contributed by atoms with Gasteiger partial charge in [-0.2, -0.15) is 4.39 Å². The Morgan fingerprint density at radius 3 is 2.08 bits per heavy atom. The Hall–Kier alpha value is -0.380. The van der Waals surface area contributed by atoms with Crippen LogP contribution in [0.1, 0.15) is 26.3 Å². The Balaban J connectivity index is 3.28. The van der Waals surface area contributed by atoms with Crippen molar-refractivity contribution in [3.63, 3.8) is 0 Å². The molecule has 12 heavy (non-hydrogen) atoms. The smallest absolute Gasteiger partial charge is 0.236 e. The topological polar surface area (TPSA) is 17.8 Å². The number of nitrogens with zero attached hydrogens (tertiary/aromatic N) is 2. The maximum Gasteiger partial charge on any atom is 0.236 e. The Labute approximate surface area is 79.9 Å². The summed E-state index contributed by atoms with van der Waals surface area (Å²) < 4.78 is 15.3. The maximum absolute atomic E-state index is 13.0. The maximum atomic E-state index is 13.0. The lowest BCUT2D eigenvalue weighted by Gasteiger charge is -2.20. The van der Waals surface area contributed by atoms with Crippen molar-refractivity contribution in [2.75, 3.05) is 0 Å². The van der Waals surface area contributed by atoms with Gasteiger partial charge < -0.3 is 0 Å². The van der Waals surface area contributed by atoms with Gasteiger partial charge in [-0.3, -0.25) is 0 Å². The minimum absolute atomic E-state index is 0.187. The molecule has 0 saturated heterocycles. The standard InChI is InChI=1S/C8H12BrFN2/c1-5-6(9)12(8(2,3)4)11-7(5)10/h1-4H3. The van der Waals surface area contributed by atoms with Gasteiger partial charge in [0.1, 0.15) is 4.60 Å². The lowest BCUT2D eigenvalue weighted by molar-refractivity contribution is 0.336. The predicted octanol–water partition coefficient (Wildman–Crippen LogP) is 2.85. The van der Waals surface area contributed by atoms with E-state index in [1.54, 1.807) is 11.6 Å². The summed E-state index contributed by atoms with van der Waals surface area (Å²) in [6.45, 7) is 7.63. The molecule has 0 bridgehead atoms. The summed E-state index contributed by atoms with van der Waals surface area (Å²) in [6, 6.07) is 0. The highest BCUT2D eigenvalue weighted by Gasteiger charge is 2.21. The second-order valence-corrected chi connectivity index (χ2v) is 4.54. The normalized spacial score (nSPS) is 12.2. The van der Waals surface area contributed by atoms with Gasteiger partial charge in [0, 0.05) is 5.56 Å². The van der Waals surface area contributed by atoms with Crippen molar-refractivity contribution in [3.8, 4) is 0 Å². The summed E-state index contributed by atoms with van der Waals surface area (Å²) in [6.07, 6.45) is 0. The second-order valence-electron chi connectivity index (χ2n) is 3.79. The first-order chi connectivity index (χ1) is 5.34. The highest BCUT2D eigenvalue weighted by molar-refractivity contribution is 9.10. The first kappa shape index (κ1) is 9.71. The van der Waals surface area contributed by atoms with Crippen LogP contribution < -0.4 is 0 Å². The fourth-order valence-corrected chi connectivity index (χ4v) is 1.67. The minimum atomic E-state index is -0.406. The van der Waals surface area contributed by atoms with Crippen LogP contribution in [0.4, 0.5) is 4.39 Å². The zero-order chi connectivity index (χ0) is 9.52. The van der Waals surface area contributed by atoms with E-state index in [9.17, 15) is 4.39 Å².